The Hall–Kier alpha value is -2.79. The average Bonchev–Trinajstić information content (AvgIpc) is 3.46. The monoisotopic (exact) mass is 347 g/mol. The molecule has 4 heterocycles. The first-order valence-corrected chi connectivity index (χ1v) is 9.18. The maximum Gasteiger partial charge on any atom is 0.287 e. The number of carbonyl (C=O) groups excluding carboxylic acids is 1. The molecule has 2 saturated heterocycles. The Morgan fingerprint density at radius 1 is 1.04 bits per heavy atom. The Bertz CT molecular complexity index is 928. The molecule has 5 nitrogen and oxygen atoms in total. The van der Waals surface area contributed by atoms with Crippen LogP contribution in [0.15, 0.2) is 59.1 Å². The van der Waals surface area contributed by atoms with Crippen molar-refractivity contribution >= 4 is 5.91 Å². The van der Waals surface area contributed by atoms with Crippen molar-refractivity contribution in [3.63, 3.8) is 0 Å². The molecule has 1 amide bonds. The van der Waals surface area contributed by atoms with E-state index in [4.69, 9.17) is 4.42 Å². The van der Waals surface area contributed by atoms with Crippen LogP contribution < -0.4 is 10.6 Å². The Morgan fingerprint density at radius 3 is 2.65 bits per heavy atom. The minimum atomic E-state index is -0.132. The standard InChI is InChI=1S/C21H21N3O2/c25-21(24-18-12-13-7-8-17(18)23-13)20-10-9-19(26-20)15-5-2-1-4-14(15)16-6-3-11-22-16/h1-6,9-11,13,17-18,22-23H,7-8,12H2,(H,24,25). The molecule has 1 aromatic carbocycles. The molecule has 2 aromatic heterocycles. The molecular weight excluding hydrogens is 326 g/mol. The minimum absolute atomic E-state index is 0.132. The summed E-state index contributed by atoms with van der Waals surface area (Å²) in [5.41, 5.74) is 3.04. The number of hydrogen-bond acceptors (Lipinski definition) is 3. The lowest BCUT2D eigenvalue weighted by Gasteiger charge is -2.20. The maximum absolute atomic E-state index is 12.6. The second kappa shape index (κ2) is 6.18. The third kappa shape index (κ3) is 2.65. The van der Waals surface area contributed by atoms with Gasteiger partial charge in [0.25, 0.3) is 5.91 Å². The van der Waals surface area contributed by atoms with E-state index in [-0.39, 0.29) is 11.9 Å². The predicted octanol–water partition coefficient (Wildman–Crippen LogP) is 3.56. The summed E-state index contributed by atoms with van der Waals surface area (Å²) in [6, 6.07) is 16.8. The van der Waals surface area contributed by atoms with Gasteiger partial charge in [0, 0.05) is 41.1 Å². The lowest BCUT2D eigenvalue weighted by molar-refractivity contribution is 0.0903. The van der Waals surface area contributed by atoms with Crippen molar-refractivity contribution in [1.29, 1.82) is 0 Å². The molecule has 2 aliphatic rings. The highest BCUT2D eigenvalue weighted by molar-refractivity contribution is 5.93. The summed E-state index contributed by atoms with van der Waals surface area (Å²) in [5, 5.41) is 6.67. The van der Waals surface area contributed by atoms with E-state index in [1.54, 1.807) is 6.07 Å². The molecule has 3 unspecified atom stereocenters. The van der Waals surface area contributed by atoms with Crippen LogP contribution >= 0.6 is 0 Å². The summed E-state index contributed by atoms with van der Waals surface area (Å²) in [6.45, 7) is 0. The van der Waals surface area contributed by atoms with E-state index < -0.39 is 0 Å². The highest BCUT2D eigenvalue weighted by Gasteiger charge is 2.40. The number of carbonyl (C=O) groups is 1. The zero-order valence-electron chi connectivity index (χ0n) is 14.4. The van der Waals surface area contributed by atoms with E-state index >= 15 is 0 Å². The quantitative estimate of drug-likeness (QED) is 0.676. The van der Waals surface area contributed by atoms with Gasteiger partial charge < -0.3 is 20.0 Å². The van der Waals surface area contributed by atoms with Gasteiger partial charge in [-0.1, -0.05) is 24.3 Å². The van der Waals surface area contributed by atoms with Crippen molar-refractivity contribution in [1.82, 2.24) is 15.6 Å². The van der Waals surface area contributed by atoms with Crippen LogP contribution in [0, 0.1) is 0 Å². The van der Waals surface area contributed by atoms with Gasteiger partial charge in [0.05, 0.1) is 0 Å². The second-order valence-electron chi connectivity index (χ2n) is 7.16. The van der Waals surface area contributed by atoms with Gasteiger partial charge >= 0.3 is 0 Å². The number of furan rings is 1. The molecule has 0 saturated carbocycles. The fourth-order valence-corrected chi connectivity index (χ4v) is 4.26. The third-order valence-corrected chi connectivity index (χ3v) is 5.53. The number of fused-ring (bicyclic) bond motifs is 2. The largest absolute Gasteiger partial charge is 0.451 e. The molecule has 3 atom stereocenters. The van der Waals surface area contributed by atoms with Crippen LogP contribution in [0.3, 0.4) is 0 Å². The Morgan fingerprint density at radius 2 is 1.92 bits per heavy atom. The maximum atomic E-state index is 12.6. The number of hydrogen-bond donors (Lipinski definition) is 3. The molecule has 5 rings (SSSR count). The van der Waals surface area contributed by atoms with Gasteiger partial charge in [-0.3, -0.25) is 4.79 Å². The van der Waals surface area contributed by atoms with Crippen molar-refractivity contribution in [3.05, 3.63) is 60.5 Å². The van der Waals surface area contributed by atoms with Crippen molar-refractivity contribution in [3.8, 4) is 22.6 Å². The fourth-order valence-electron chi connectivity index (χ4n) is 4.26. The third-order valence-electron chi connectivity index (χ3n) is 5.53. The molecule has 0 spiro atoms. The average molecular weight is 347 g/mol. The van der Waals surface area contributed by atoms with E-state index in [2.05, 4.69) is 15.6 Å². The van der Waals surface area contributed by atoms with Gasteiger partial charge in [0.1, 0.15) is 5.76 Å². The van der Waals surface area contributed by atoms with Gasteiger partial charge in [-0.25, -0.2) is 0 Å². The van der Waals surface area contributed by atoms with E-state index in [1.807, 2.05) is 48.7 Å². The first-order valence-electron chi connectivity index (χ1n) is 9.18. The molecule has 0 aliphatic carbocycles. The van der Waals surface area contributed by atoms with E-state index in [1.165, 1.54) is 6.42 Å². The Labute approximate surface area is 151 Å². The summed E-state index contributed by atoms with van der Waals surface area (Å²) in [5.74, 6) is 0.934. The summed E-state index contributed by atoms with van der Waals surface area (Å²) in [4.78, 5) is 15.8. The smallest absolute Gasteiger partial charge is 0.287 e. The van der Waals surface area contributed by atoms with Gasteiger partial charge in [-0.2, -0.15) is 0 Å². The zero-order chi connectivity index (χ0) is 17.5. The van der Waals surface area contributed by atoms with Crippen LogP contribution in [0.5, 0.6) is 0 Å². The predicted molar refractivity (Wildman–Crippen MR) is 99.7 cm³/mol. The van der Waals surface area contributed by atoms with E-state index in [9.17, 15) is 4.79 Å². The van der Waals surface area contributed by atoms with Crippen LogP contribution in [0.1, 0.15) is 29.8 Å². The van der Waals surface area contributed by atoms with Gasteiger partial charge in [0.2, 0.25) is 0 Å². The van der Waals surface area contributed by atoms with Gasteiger partial charge in [-0.05, 0) is 43.5 Å². The Kier molecular flexibility index (Phi) is 3.68. The molecule has 3 aromatic rings. The number of amides is 1. The first-order chi connectivity index (χ1) is 12.8. The van der Waals surface area contributed by atoms with Crippen LogP contribution in [0.25, 0.3) is 22.6 Å². The summed E-state index contributed by atoms with van der Waals surface area (Å²) >= 11 is 0. The number of benzene rings is 1. The lowest BCUT2D eigenvalue weighted by atomic mass is 9.95. The summed E-state index contributed by atoms with van der Waals surface area (Å²) in [7, 11) is 0. The Balaban J connectivity index is 1.38. The topological polar surface area (TPSA) is 70.1 Å². The number of aromatic nitrogens is 1. The molecular formula is C21H21N3O2. The summed E-state index contributed by atoms with van der Waals surface area (Å²) in [6.07, 6.45) is 5.27. The van der Waals surface area contributed by atoms with Crippen molar-refractivity contribution in [2.45, 2.75) is 37.4 Å². The highest BCUT2D eigenvalue weighted by atomic mass is 16.3. The molecule has 5 heteroatoms. The summed E-state index contributed by atoms with van der Waals surface area (Å²) < 4.78 is 5.91. The van der Waals surface area contributed by atoms with Crippen molar-refractivity contribution in [2.24, 2.45) is 0 Å². The van der Waals surface area contributed by atoms with Crippen molar-refractivity contribution < 1.29 is 9.21 Å². The first kappa shape index (κ1) is 15.5. The zero-order valence-corrected chi connectivity index (χ0v) is 14.4. The number of nitrogens with one attached hydrogen (secondary N) is 3. The number of H-pyrrole nitrogens is 1. The molecule has 2 bridgehead atoms. The number of rotatable bonds is 4. The molecule has 2 aliphatic heterocycles. The van der Waals surface area contributed by atoms with E-state index in [0.717, 1.165) is 29.7 Å². The number of aromatic amines is 1. The normalized spacial score (nSPS) is 24.1. The molecule has 132 valence electrons. The fraction of sp³-hybridized carbons (Fsp3) is 0.286. The lowest BCUT2D eigenvalue weighted by Crippen LogP contribution is -2.42. The molecule has 26 heavy (non-hydrogen) atoms. The highest BCUT2D eigenvalue weighted by Crippen LogP contribution is 2.32. The van der Waals surface area contributed by atoms with Crippen LogP contribution in [0.4, 0.5) is 0 Å². The minimum Gasteiger partial charge on any atom is -0.451 e. The van der Waals surface area contributed by atoms with Crippen LogP contribution in [-0.4, -0.2) is 29.0 Å². The second-order valence-corrected chi connectivity index (χ2v) is 7.16. The van der Waals surface area contributed by atoms with Gasteiger partial charge in [0.15, 0.2) is 5.76 Å². The van der Waals surface area contributed by atoms with Crippen LogP contribution in [0.2, 0.25) is 0 Å². The van der Waals surface area contributed by atoms with Crippen LogP contribution in [-0.2, 0) is 0 Å². The molecule has 3 N–H and O–H groups in total. The SMILES string of the molecule is O=C(NC1CC2CCC1N2)c1ccc(-c2ccccc2-c2ccc[nH]2)o1. The van der Waals surface area contributed by atoms with Gasteiger partial charge in [-0.15, -0.1) is 0 Å². The van der Waals surface area contributed by atoms with Crippen molar-refractivity contribution in [2.75, 3.05) is 0 Å². The molecule has 0 radical (unpaired) electrons. The molecule has 2 fully saturated rings. The van der Waals surface area contributed by atoms with E-state index in [0.29, 0.717) is 23.6 Å².